The fourth-order valence-corrected chi connectivity index (χ4v) is 1.82. The highest BCUT2D eigenvalue weighted by molar-refractivity contribution is 9.10. The molecule has 0 aliphatic heterocycles. The molecule has 0 aliphatic carbocycles. The number of halogens is 2. The minimum Gasteiger partial charge on any atom is -0.481 e. The number of furan rings is 1. The van der Waals surface area contributed by atoms with E-state index in [1.54, 1.807) is 30.5 Å². The topological polar surface area (TPSA) is 48.4 Å². The Labute approximate surface area is 113 Å². The van der Waals surface area contributed by atoms with Crippen LogP contribution in [0.15, 0.2) is 45.5 Å². The van der Waals surface area contributed by atoms with Crippen molar-refractivity contribution in [3.05, 3.63) is 52.6 Å². The molecule has 2 N–H and O–H groups in total. The van der Waals surface area contributed by atoms with Gasteiger partial charge in [-0.05, 0) is 47.1 Å². The van der Waals surface area contributed by atoms with Crippen LogP contribution < -0.4 is 10.5 Å². The summed E-state index contributed by atoms with van der Waals surface area (Å²) in [4.78, 5) is 0. The summed E-state index contributed by atoms with van der Waals surface area (Å²) in [5, 5.41) is 0. The van der Waals surface area contributed by atoms with E-state index in [1.165, 1.54) is 6.07 Å². The molecule has 0 spiro atoms. The van der Waals surface area contributed by atoms with Gasteiger partial charge in [-0.2, -0.15) is 0 Å². The van der Waals surface area contributed by atoms with Gasteiger partial charge in [0.05, 0.1) is 10.7 Å². The van der Waals surface area contributed by atoms with Crippen LogP contribution in [0.3, 0.4) is 0 Å². The lowest BCUT2D eigenvalue weighted by Crippen LogP contribution is -2.28. The predicted octanol–water partition coefficient (Wildman–Crippen LogP) is 3.65. The quantitative estimate of drug-likeness (QED) is 0.937. The lowest BCUT2D eigenvalue weighted by molar-refractivity contribution is 0.152. The van der Waals surface area contributed by atoms with Crippen molar-refractivity contribution in [1.82, 2.24) is 0 Å². The van der Waals surface area contributed by atoms with Crippen LogP contribution in [0, 0.1) is 5.82 Å². The Hall–Kier alpha value is -1.33. The molecule has 0 fully saturated rings. The van der Waals surface area contributed by atoms with Crippen molar-refractivity contribution in [3.8, 4) is 5.75 Å². The van der Waals surface area contributed by atoms with Gasteiger partial charge in [0.25, 0.3) is 0 Å². The molecule has 0 saturated carbocycles. The number of hydrogen-bond acceptors (Lipinski definition) is 3. The summed E-state index contributed by atoms with van der Waals surface area (Å²) in [5.41, 5.74) is 5.86. The lowest BCUT2D eigenvalue weighted by Gasteiger charge is -2.20. The van der Waals surface area contributed by atoms with Gasteiger partial charge in [-0.15, -0.1) is 0 Å². The predicted molar refractivity (Wildman–Crippen MR) is 69.8 cm³/mol. The van der Waals surface area contributed by atoms with Crippen LogP contribution in [0.2, 0.25) is 0 Å². The Morgan fingerprint density at radius 1 is 1.39 bits per heavy atom. The monoisotopic (exact) mass is 313 g/mol. The van der Waals surface area contributed by atoms with Gasteiger partial charge < -0.3 is 14.9 Å². The van der Waals surface area contributed by atoms with Crippen LogP contribution in [-0.2, 0) is 0 Å². The molecule has 5 heteroatoms. The zero-order chi connectivity index (χ0) is 13.1. The number of hydrogen-bond donors (Lipinski definition) is 1. The van der Waals surface area contributed by atoms with Gasteiger partial charge in [0, 0.05) is 12.1 Å². The molecular formula is C13H13BrFNO2. The highest BCUT2D eigenvalue weighted by Gasteiger charge is 2.21. The van der Waals surface area contributed by atoms with E-state index < -0.39 is 6.10 Å². The van der Waals surface area contributed by atoms with Crippen molar-refractivity contribution in [2.75, 3.05) is 0 Å². The Morgan fingerprint density at radius 3 is 2.72 bits per heavy atom. The molecule has 3 nitrogen and oxygen atoms in total. The molecule has 0 saturated heterocycles. The standard InChI is InChI=1S/C13H13BrFNO2/c1-8(16)13(12-3-2-6-17-12)18-9-4-5-10(14)11(15)7-9/h2-8,13H,16H2,1H3. The third kappa shape index (κ3) is 2.91. The number of rotatable bonds is 4. The third-order valence-corrected chi connectivity index (χ3v) is 3.10. The van der Waals surface area contributed by atoms with E-state index in [1.807, 2.05) is 6.92 Å². The van der Waals surface area contributed by atoms with Crippen molar-refractivity contribution in [1.29, 1.82) is 0 Å². The highest BCUT2D eigenvalue weighted by atomic mass is 79.9. The summed E-state index contributed by atoms with van der Waals surface area (Å²) < 4.78 is 24.7. The summed E-state index contributed by atoms with van der Waals surface area (Å²) in [7, 11) is 0. The van der Waals surface area contributed by atoms with Crippen LogP contribution >= 0.6 is 15.9 Å². The molecule has 0 amide bonds. The van der Waals surface area contributed by atoms with Gasteiger partial charge >= 0.3 is 0 Å². The molecule has 0 aliphatic rings. The Bertz CT molecular complexity index is 514. The van der Waals surface area contributed by atoms with Gasteiger partial charge in [-0.25, -0.2) is 4.39 Å². The minimum absolute atomic E-state index is 0.275. The summed E-state index contributed by atoms with van der Waals surface area (Å²) in [6, 6.07) is 7.83. The second-order valence-electron chi connectivity index (χ2n) is 3.99. The molecule has 18 heavy (non-hydrogen) atoms. The first kappa shape index (κ1) is 13.1. The molecule has 2 unspecified atom stereocenters. The zero-order valence-corrected chi connectivity index (χ0v) is 11.4. The molecule has 2 atom stereocenters. The van der Waals surface area contributed by atoms with E-state index in [9.17, 15) is 4.39 Å². The fraction of sp³-hybridized carbons (Fsp3) is 0.231. The van der Waals surface area contributed by atoms with Crippen LogP contribution in [0.5, 0.6) is 5.75 Å². The van der Waals surface area contributed by atoms with E-state index in [0.717, 1.165) is 0 Å². The van der Waals surface area contributed by atoms with Crippen LogP contribution in [0.4, 0.5) is 4.39 Å². The number of benzene rings is 1. The van der Waals surface area contributed by atoms with Gasteiger partial charge in [0.2, 0.25) is 0 Å². The number of nitrogens with two attached hydrogens (primary N) is 1. The van der Waals surface area contributed by atoms with Gasteiger partial charge in [0.15, 0.2) is 6.10 Å². The normalized spacial score (nSPS) is 14.2. The minimum atomic E-state index is -0.444. The van der Waals surface area contributed by atoms with Crippen molar-refractivity contribution in [2.24, 2.45) is 5.73 Å². The first-order valence-corrected chi connectivity index (χ1v) is 6.28. The van der Waals surface area contributed by atoms with E-state index in [4.69, 9.17) is 14.9 Å². The van der Waals surface area contributed by atoms with Gasteiger partial charge in [0.1, 0.15) is 17.3 Å². The first-order chi connectivity index (χ1) is 8.58. The molecule has 0 bridgehead atoms. The Morgan fingerprint density at radius 2 is 2.17 bits per heavy atom. The second-order valence-corrected chi connectivity index (χ2v) is 4.84. The average molecular weight is 314 g/mol. The van der Waals surface area contributed by atoms with Crippen molar-refractivity contribution in [2.45, 2.75) is 19.1 Å². The summed E-state index contributed by atoms with van der Waals surface area (Å²) in [6.45, 7) is 1.81. The molecule has 1 heterocycles. The lowest BCUT2D eigenvalue weighted by atomic mass is 10.1. The third-order valence-electron chi connectivity index (χ3n) is 2.46. The summed E-state index contributed by atoms with van der Waals surface area (Å²) in [5.74, 6) is 0.651. The Balaban J connectivity index is 2.21. The van der Waals surface area contributed by atoms with E-state index in [-0.39, 0.29) is 11.9 Å². The smallest absolute Gasteiger partial charge is 0.171 e. The summed E-state index contributed by atoms with van der Waals surface area (Å²) in [6.07, 6.45) is 1.11. The van der Waals surface area contributed by atoms with Crippen molar-refractivity contribution >= 4 is 15.9 Å². The van der Waals surface area contributed by atoms with Crippen LogP contribution in [0.25, 0.3) is 0 Å². The zero-order valence-electron chi connectivity index (χ0n) is 9.77. The van der Waals surface area contributed by atoms with Gasteiger partial charge in [-0.1, -0.05) is 0 Å². The average Bonchev–Trinajstić information content (AvgIpc) is 2.83. The van der Waals surface area contributed by atoms with Gasteiger partial charge in [-0.3, -0.25) is 0 Å². The fourth-order valence-electron chi connectivity index (χ4n) is 1.57. The molecule has 1 aromatic carbocycles. The molecule has 96 valence electrons. The first-order valence-electron chi connectivity index (χ1n) is 5.48. The molecule has 0 radical (unpaired) electrons. The molecule has 1 aromatic heterocycles. The largest absolute Gasteiger partial charge is 0.481 e. The maximum atomic E-state index is 13.4. The van der Waals surface area contributed by atoms with E-state index in [0.29, 0.717) is 16.0 Å². The molecule has 2 aromatic rings. The van der Waals surface area contributed by atoms with E-state index in [2.05, 4.69) is 15.9 Å². The summed E-state index contributed by atoms with van der Waals surface area (Å²) >= 11 is 3.09. The Kier molecular flexibility index (Phi) is 4.04. The number of ether oxygens (including phenoxy) is 1. The molecular weight excluding hydrogens is 301 g/mol. The maximum Gasteiger partial charge on any atom is 0.171 e. The van der Waals surface area contributed by atoms with Crippen LogP contribution in [0.1, 0.15) is 18.8 Å². The SMILES string of the molecule is CC(N)C(Oc1ccc(Br)c(F)c1)c1ccco1. The van der Waals surface area contributed by atoms with Crippen molar-refractivity contribution in [3.63, 3.8) is 0 Å². The van der Waals surface area contributed by atoms with Crippen molar-refractivity contribution < 1.29 is 13.5 Å². The molecule has 2 rings (SSSR count). The van der Waals surface area contributed by atoms with E-state index >= 15 is 0 Å². The highest BCUT2D eigenvalue weighted by Crippen LogP contribution is 2.27. The maximum absolute atomic E-state index is 13.4. The second kappa shape index (κ2) is 5.54. The van der Waals surface area contributed by atoms with Crippen LogP contribution in [-0.4, -0.2) is 6.04 Å².